The summed E-state index contributed by atoms with van der Waals surface area (Å²) in [5.74, 6) is 0.860. The number of hydrogen-bond acceptors (Lipinski definition) is 4. The number of piperazine rings is 1. The predicted molar refractivity (Wildman–Crippen MR) is 144 cm³/mol. The molecule has 2 heterocycles. The number of aryl methyl sites for hydroxylation is 3. The van der Waals surface area contributed by atoms with E-state index in [0.717, 1.165) is 49.8 Å². The Hall–Kier alpha value is -3.60. The Morgan fingerprint density at radius 1 is 0.829 bits per heavy atom. The molecule has 3 aromatic rings. The van der Waals surface area contributed by atoms with Crippen LogP contribution in [0.3, 0.4) is 0 Å². The molecule has 5 rings (SSSR count). The van der Waals surface area contributed by atoms with Crippen LogP contribution in [0.2, 0.25) is 0 Å². The number of hydrogen-bond donors (Lipinski definition) is 0. The number of nitrogens with zero attached hydrogens (tertiary/aromatic N) is 4. The van der Waals surface area contributed by atoms with Gasteiger partial charge in [0.05, 0.1) is 5.69 Å². The Labute approximate surface area is 208 Å². The first-order valence-electron chi connectivity index (χ1n) is 12.7. The van der Waals surface area contributed by atoms with Gasteiger partial charge in [-0.05, 0) is 60.7 Å². The van der Waals surface area contributed by atoms with Gasteiger partial charge < -0.3 is 9.80 Å². The quantitative estimate of drug-likeness (QED) is 0.531. The van der Waals surface area contributed by atoms with Gasteiger partial charge in [0.1, 0.15) is 6.04 Å². The van der Waals surface area contributed by atoms with Gasteiger partial charge in [0.15, 0.2) is 0 Å². The minimum absolute atomic E-state index is 0.0639. The monoisotopic (exact) mass is 466 g/mol. The summed E-state index contributed by atoms with van der Waals surface area (Å²) in [5.41, 5.74) is 7.17. The third-order valence-electron chi connectivity index (χ3n) is 7.09. The summed E-state index contributed by atoms with van der Waals surface area (Å²) in [6.45, 7) is 9.95. The summed E-state index contributed by atoms with van der Waals surface area (Å²) in [4.78, 5) is 25.4. The van der Waals surface area contributed by atoms with Crippen LogP contribution in [0, 0.1) is 13.8 Å². The highest BCUT2D eigenvalue weighted by Crippen LogP contribution is 2.28. The lowest BCUT2D eigenvalue weighted by atomic mass is 10.1. The number of amides is 1. The second kappa shape index (κ2) is 9.95. The van der Waals surface area contributed by atoms with Crippen molar-refractivity contribution in [3.05, 3.63) is 95.1 Å². The Morgan fingerprint density at radius 3 is 2.29 bits per heavy atom. The Morgan fingerprint density at radius 2 is 1.54 bits per heavy atom. The molecule has 35 heavy (non-hydrogen) atoms. The first kappa shape index (κ1) is 23.2. The third kappa shape index (κ3) is 4.81. The number of carbonyl (C=O) groups excluding carboxylic acids is 1. The Bertz CT molecular complexity index is 1230. The molecule has 5 heteroatoms. The van der Waals surface area contributed by atoms with Crippen molar-refractivity contribution in [2.75, 3.05) is 36.0 Å². The van der Waals surface area contributed by atoms with Crippen LogP contribution in [0.25, 0.3) is 0 Å². The molecule has 1 fully saturated rings. The van der Waals surface area contributed by atoms with Gasteiger partial charge in [-0.3, -0.25) is 4.79 Å². The molecular weight excluding hydrogens is 432 g/mol. The maximum atomic E-state index is 13.7. The second-order valence-corrected chi connectivity index (χ2v) is 9.60. The SMILES string of the molecule is CCc1cccc(N2C(=O)C(Cc3ccccc3)N=C2N2CCN(c3cc(C)ccc3C)CC2)c1. The molecular formula is C30H34N4O. The van der Waals surface area contributed by atoms with Gasteiger partial charge in [-0.25, -0.2) is 9.89 Å². The molecule has 180 valence electrons. The topological polar surface area (TPSA) is 39.2 Å². The summed E-state index contributed by atoms with van der Waals surface area (Å²) >= 11 is 0. The van der Waals surface area contributed by atoms with Crippen LogP contribution < -0.4 is 9.80 Å². The lowest BCUT2D eigenvalue weighted by molar-refractivity contribution is -0.118. The van der Waals surface area contributed by atoms with E-state index in [-0.39, 0.29) is 5.91 Å². The van der Waals surface area contributed by atoms with E-state index in [1.807, 2.05) is 35.2 Å². The molecule has 0 radical (unpaired) electrons. The van der Waals surface area contributed by atoms with Crippen LogP contribution in [0.1, 0.15) is 29.2 Å². The van der Waals surface area contributed by atoms with Gasteiger partial charge in [0.25, 0.3) is 5.91 Å². The van der Waals surface area contributed by atoms with E-state index in [9.17, 15) is 4.79 Å². The smallest absolute Gasteiger partial charge is 0.259 e. The Kier molecular flexibility index (Phi) is 6.58. The molecule has 1 unspecified atom stereocenters. The molecule has 0 N–H and O–H groups in total. The van der Waals surface area contributed by atoms with Crippen molar-refractivity contribution in [1.29, 1.82) is 0 Å². The zero-order chi connectivity index (χ0) is 24.4. The Balaban J connectivity index is 1.41. The van der Waals surface area contributed by atoms with Crippen LogP contribution in [-0.2, 0) is 17.6 Å². The van der Waals surface area contributed by atoms with Crippen molar-refractivity contribution >= 4 is 23.2 Å². The van der Waals surface area contributed by atoms with Crippen LogP contribution in [0.4, 0.5) is 11.4 Å². The van der Waals surface area contributed by atoms with Crippen molar-refractivity contribution in [3.63, 3.8) is 0 Å². The van der Waals surface area contributed by atoms with Crippen LogP contribution in [0.15, 0.2) is 77.8 Å². The zero-order valence-corrected chi connectivity index (χ0v) is 20.9. The largest absolute Gasteiger partial charge is 0.368 e. The first-order valence-corrected chi connectivity index (χ1v) is 12.7. The molecule has 0 spiro atoms. The van der Waals surface area contributed by atoms with E-state index >= 15 is 0 Å². The fourth-order valence-electron chi connectivity index (χ4n) is 5.06. The van der Waals surface area contributed by atoms with Crippen molar-refractivity contribution in [2.45, 2.75) is 39.7 Å². The number of rotatable bonds is 5. The number of aliphatic imine (C=N–C) groups is 1. The van der Waals surface area contributed by atoms with Crippen LogP contribution in [-0.4, -0.2) is 49.0 Å². The van der Waals surface area contributed by atoms with Gasteiger partial charge in [0, 0.05) is 38.3 Å². The van der Waals surface area contributed by atoms with Gasteiger partial charge in [0.2, 0.25) is 5.96 Å². The van der Waals surface area contributed by atoms with E-state index in [2.05, 4.69) is 73.0 Å². The molecule has 1 amide bonds. The highest BCUT2D eigenvalue weighted by Gasteiger charge is 2.39. The summed E-state index contributed by atoms with van der Waals surface area (Å²) in [6, 6.07) is 24.8. The number of guanidine groups is 1. The molecule has 0 bridgehead atoms. The molecule has 2 aliphatic rings. The van der Waals surface area contributed by atoms with Crippen LogP contribution in [0.5, 0.6) is 0 Å². The summed E-state index contributed by atoms with van der Waals surface area (Å²) in [6.07, 6.45) is 1.56. The molecule has 3 aromatic carbocycles. The van der Waals surface area contributed by atoms with Gasteiger partial charge in [-0.2, -0.15) is 0 Å². The second-order valence-electron chi connectivity index (χ2n) is 9.60. The summed E-state index contributed by atoms with van der Waals surface area (Å²) < 4.78 is 0. The van der Waals surface area contributed by atoms with Gasteiger partial charge >= 0.3 is 0 Å². The molecule has 0 saturated carbocycles. The molecule has 1 saturated heterocycles. The average Bonchev–Trinajstić information content (AvgIpc) is 3.22. The number of benzene rings is 3. The van der Waals surface area contributed by atoms with E-state index in [0.29, 0.717) is 6.42 Å². The normalized spacial score (nSPS) is 18.3. The van der Waals surface area contributed by atoms with Gasteiger partial charge in [-0.1, -0.05) is 61.5 Å². The average molecular weight is 467 g/mol. The first-order chi connectivity index (χ1) is 17.0. The molecule has 0 aromatic heterocycles. The highest BCUT2D eigenvalue weighted by atomic mass is 16.2. The lowest BCUT2D eigenvalue weighted by Gasteiger charge is -2.39. The molecule has 0 aliphatic carbocycles. The minimum Gasteiger partial charge on any atom is -0.368 e. The highest BCUT2D eigenvalue weighted by molar-refractivity contribution is 6.22. The minimum atomic E-state index is -0.394. The lowest BCUT2D eigenvalue weighted by Crippen LogP contribution is -2.53. The van der Waals surface area contributed by atoms with Crippen molar-refractivity contribution in [2.24, 2.45) is 4.99 Å². The molecule has 2 aliphatic heterocycles. The third-order valence-corrected chi connectivity index (χ3v) is 7.09. The standard InChI is InChI=1S/C30H34N4O/c1-4-24-11-8-12-26(20-24)34-29(35)27(21-25-9-6-5-7-10-25)31-30(34)33-17-15-32(16-18-33)28-19-22(2)13-14-23(28)3/h5-14,19-20,27H,4,15-18,21H2,1-3H3. The number of carbonyl (C=O) groups is 1. The van der Waals surface area contributed by atoms with Crippen molar-refractivity contribution in [1.82, 2.24) is 4.90 Å². The molecule has 5 nitrogen and oxygen atoms in total. The van der Waals surface area contributed by atoms with Gasteiger partial charge in [-0.15, -0.1) is 0 Å². The van der Waals surface area contributed by atoms with E-state index in [1.54, 1.807) is 0 Å². The maximum Gasteiger partial charge on any atom is 0.259 e. The van der Waals surface area contributed by atoms with E-state index in [4.69, 9.17) is 4.99 Å². The van der Waals surface area contributed by atoms with E-state index < -0.39 is 6.04 Å². The number of anilines is 2. The van der Waals surface area contributed by atoms with Crippen LogP contribution >= 0.6 is 0 Å². The molecule has 1 atom stereocenters. The predicted octanol–water partition coefficient (Wildman–Crippen LogP) is 5.00. The fourth-order valence-corrected chi connectivity index (χ4v) is 5.06. The van der Waals surface area contributed by atoms with E-state index in [1.165, 1.54) is 22.4 Å². The van der Waals surface area contributed by atoms with Crippen molar-refractivity contribution < 1.29 is 4.79 Å². The zero-order valence-electron chi connectivity index (χ0n) is 20.9. The summed E-state index contributed by atoms with van der Waals surface area (Å²) in [7, 11) is 0. The maximum absolute atomic E-state index is 13.7. The fraction of sp³-hybridized carbons (Fsp3) is 0.333. The summed E-state index contributed by atoms with van der Waals surface area (Å²) in [5, 5.41) is 0. The van der Waals surface area contributed by atoms with Crippen molar-refractivity contribution in [3.8, 4) is 0 Å².